The van der Waals surface area contributed by atoms with E-state index in [0.29, 0.717) is 5.02 Å². The quantitative estimate of drug-likeness (QED) is 0.805. The van der Waals surface area contributed by atoms with Gasteiger partial charge in [-0.2, -0.15) is 0 Å². The number of pyridine rings is 1. The van der Waals surface area contributed by atoms with E-state index in [1.807, 2.05) is 24.3 Å². The maximum absolute atomic E-state index is 11.3. The maximum atomic E-state index is 11.3. The van der Waals surface area contributed by atoms with Crippen LogP contribution in [0.25, 0.3) is 22.5 Å². The number of carbonyl (C=O) groups excluding carboxylic acids is 1. The molecule has 22 heavy (non-hydrogen) atoms. The van der Waals surface area contributed by atoms with Crippen molar-refractivity contribution in [2.24, 2.45) is 5.73 Å². The topological polar surface area (TPSA) is 73.8 Å². The van der Waals surface area contributed by atoms with E-state index >= 15 is 0 Å². The molecule has 3 rings (SSSR count). The molecule has 1 aromatic carbocycles. The van der Waals surface area contributed by atoms with Crippen LogP contribution in [0.1, 0.15) is 0 Å². The molecule has 0 aliphatic carbocycles. The number of rotatable bonds is 4. The highest BCUT2D eigenvalue weighted by molar-refractivity contribution is 6.30. The molecule has 0 atom stereocenters. The van der Waals surface area contributed by atoms with E-state index < -0.39 is 5.91 Å². The monoisotopic (exact) mass is 312 g/mol. The molecule has 2 aromatic heterocycles. The summed E-state index contributed by atoms with van der Waals surface area (Å²) in [6.07, 6.45) is 5.01. The zero-order valence-electron chi connectivity index (χ0n) is 11.6. The van der Waals surface area contributed by atoms with Crippen LogP contribution in [-0.2, 0) is 11.3 Å². The molecule has 6 heteroatoms. The lowest BCUT2D eigenvalue weighted by atomic mass is 10.1. The fraction of sp³-hybridized carbons (Fsp3) is 0.0625. The summed E-state index contributed by atoms with van der Waals surface area (Å²) >= 11 is 5.93. The number of halogens is 1. The van der Waals surface area contributed by atoms with Crippen LogP contribution in [0.5, 0.6) is 0 Å². The van der Waals surface area contributed by atoms with Gasteiger partial charge in [0.05, 0.1) is 17.7 Å². The summed E-state index contributed by atoms with van der Waals surface area (Å²) in [5, 5.41) is 0.658. The number of nitrogens with zero attached hydrogens (tertiary/aromatic N) is 3. The molecule has 0 unspecified atom stereocenters. The van der Waals surface area contributed by atoms with Gasteiger partial charge >= 0.3 is 0 Å². The van der Waals surface area contributed by atoms with Gasteiger partial charge < -0.3 is 10.3 Å². The Bertz CT molecular complexity index is 797. The average Bonchev–Trinajstić information content (AvgIpc) is 2.91. The summed E-state index contributed by atoms with van der Waals surface area (Å²) < 4.78 is 1.74. The minimum absolute atomic E-state index is 0.0677. The molecular weight excluding hydrogens is 300 g/mol. The summed E-state index contributed by atoms with van der Waals surface area (Å²) in [5.41, 5.74) is 8.74. The zero-order valence-corrected chi connectivity index (χ0v) is 12.4. The predicted molar refractivity (Wildman–Crippen MR) is 85.1 cm³/mol. The van der Waals surface area contributed by atoms with Gasteiger partial charge in [0.2, 0.25) is 5.91 Å². The highest BCUT2D eigenvalue weighted by Crippen LogP contribution is 2.31. The van der Waals surface area contributed by atoms with Gasteiger partial charge in [-0.1, -0.05) is 23.7 Å². The van der Waals surface area contributed by atoms with E-state index in [1.54, 1.807) is 35.4 Å². The number of nitrogens with two attached hydrogens (primary N) is 1. The number of aromatic nitrogens is 3. The Morgan fingerprint density at radius 2 is 1.77 bits per heavy atom. The minimum atomic E-state index is -0.421. The Morgan fingerprint density at radius 1 is 1.09 bits per heavy atom. The van der Waals surface area contributed by atoms with Crippen molar-refractivity contribution in [3.05, 3.63) is 60.1 Å². The Hall–Kier alpha value is -2.66. The normalized spacial score (nSPS) is 10.6. The second-order valence-electron chi connectivity index (χ2n) is 4.78. The van der Waals surface area contributed by atoms with Crippen LogP contribution >= 0.6 is 11.6 Å². The van der Waals surface area contributed by atoms with E-state index in [2.05, 4.69) is 9.97 Å². The second kappa shape index (κ2) is 5.99. The van der Waals surface area contributed by atoms with Crippen molar-refractivity contribution in [1.82, 2.24) is 14.5 Å². The molecular formula is C16H13ClN4O. The molecule has 1 amide bonds. The molecule has 110 valence electrons. The van der Waals surface area contributed by atoms with Crippen LogP contribution in [0.4, 0.5) is 0 Å². The summed E-state index contributed by atoms with van der Waals surface area (Å²) in [4.78, 5) is 19.7. The van der Waals surface area contributed by atoms with Gasteiger partial charge in [0.25, 0.3) is 0 Å². The fourth-order valence-electron chi connectivity index (χ4n) is 2.30. The first-order valence-electron chi connectivity index (χ1n) is 6.65. The van der Waals surface area contributed by atoms with Gasteiger partial charge in [0.1, 0.15) is 6.54 Å². The van der Waals surface area contributed by atoms with Crippen LogP contribution < -0.4 is 5.73 Å². The third-order valence-electron chi connectivity index (χ3n) is 3.24. The number of carbonyl (C=O) groups is 1. The lowest BCUT2D eigenvalue weighted by Crippen LogP contribution is -2.18. The van der Waals surface area contributed by atoms with Gasteiger partial charge in [-0.25, -0.2) is 4.98 Å². The number of imidazole rings is 1. The standard InChI is InChI=1S/C16H13ClN4O/c17-13-3-1-11(2-4-13)15-16(12-5-7-19-8-6-12)21(10-20-15)9-14(18)22/h1-8,10H,9H2,(H2,18,22). The number of benzene rings is 1. The van der Waals surface area contributed by atoms with Crippen molar-refractivity contribution in [2.75, 3.05) is 0 Å². The molecule has 0 aliphatic heterocycles. The van der Waals surface area contributed by atoms with Gasteiger partial charge in [-0.15, -0.1) is 0 Å². The van der Waals surface area contributed by atoms with Gasteiger partial charge in [-0.05, 0) is 24.3 Å². The van der Waals surface area contributed by atoms with E-state index in [9.17, 15) is 4.79 Å². The molecule has 0 saturated heterocycles. The highest BCUT2D eigenvalue weighted by atomic mass is 35.5. The van der Waals surface area contributed by atoms with Crippen LogP contribution in [-0.4, -0.2) is 20.4 Å². The zero-order chi connectivity index (χ0) is 15.5. The molecule has 2 heterocycles. The SMILES string of the molecule is NC(=O)Cn1cnc(-c2ccc(Cl)cc2)c1-c1ccncc1. The lowest BCUT2D eigenvalue weighted by Gasteiger charge is -2.09. The average molecular weight is 313 g/mol. The first-order valence-corrected chi connectivity index (χ1v) is 7.02. The molecule has 0 bridgehead atoms. The summed E-state index contributed by atoms with van der Waals surface area (Å²) in [6, 6.07) is 11.1. The summed E-state index contributed by atoms with van der Waals surface area (Å²) in [5.74, 6) is -0.421. The van der Waals surface area contributed by atoms with Crippen LogP contribution in [0.15, 0.2) is 55.1 Å². The largest absolute Gasteiger partial charge is 0.368 e. The van der Waals surface area contributed by atoms with Crippen molar-refractivity contribution in [3.8, 4) is 22.5 Å². The van der Waals surface area contributed by atoms with Gasteiger partial charge in [0.15, 0.2) is 0 Å². The maximum Gasteiger partial charge on any atom is 0.237 e. The van der Waals surface area contributed by atoms with E-state index in [0.717, 1.165) is 22.5 Å². The van der Waals surface area contributed by atoms with Crippen LogP contribution in [0.3, 0.4) is 0 Å². The van der Waals surface area contributed by atoms with Gasteiger partial charge in [0, 0.05) is 28.5 Å². The number of hydrogen-bond donors (Lipinski definition) is 1. The molecule has 5 nitrogen and oxygen atoms in total. The Balaban J connectivity index is 2.16. The van der Waals surface area contributed by atoms with Gasteiger partial charge in [-0.3, -0.25) is 9.78 Å². The second-order valence-corrected chi connectivity index (χ2v) is 5.22. The lowest BCUT2D eigenvalue weighted by molar-refractivity contribution is -0.118. The predicted octanol–water partition coefficient (Wildman–Crippen LogP) is 2.75. The summed E-state index contributed by atoms with van der Waals surface area (Å²) in [6.45, 7) is 0.0677. The number of amides is 1. The van der Waals surface area contributed by atoms with Crippen LogP contribution in [0, 0.1) is 0 Å². The number of primary amides is 1. The van der Waals surface area contributed by atoms with E-state index in [1.165, 1.54) is 0 Å². The van der Waals surface area contributed by atoms with E-state index in [4.69, 9.17) is 17.3 Å². The molecule has 0 fully saturated rings. The minimum Gasteiger partial charge on any atom is -0.368 e. The molecule has 0 spiro atoms. The van der Waals surface area contributed by atoms with E-state index in [-0.39, 0.29) is 6.54 Å². The van der Waals surface area contributed by atoms with Crippen molar-refractivity contribution >= 4 is 17.5 Å². The Kier molecular flexibility index (Phi) is 3.89. The molecule has 0 aliphatic rings. The Labute approximate surface area is 132 Å². The third-order valence-corrected chi connectivity index (χ3v) is 3.49. The molecule has 0 saturated carbocycles. The third kappa shape index (κ3) is 2.84. The molecule has 3 aromatic rings. The molecule has 0 radical (unpaired) electrons. The van der Waals surface area contributed by atoms with Crippen molar-refractivity contribution < 1.29 is 4.79 Å². The summed E-state index contributed by atoms with van der Waals surface area (Å²) in [7, 11) is 0. The highest BCUT2D eigenvalue weighted by Gasteiger charge is 2.15. The van der Waals surface area contributed by atoms with Crippen molar-refractivity contribution in [1.29, 1.82) is 0 Å². The number of hydrogen-bond acceptors (Lipinski definition) is 3. The fourth-order valence-corrected chi connectivity index (χ4v) is 2.43. The Morgan fingerprint density at radius 3 is 2.41 bits per heavy atom. The van der Waals surface area contributed by atoms with Crippen LogP contribution in [0.2, 0.25) is 5.02 Å². The first kappa shape index (κ1) is 14.3. The van der Waals surface area contributed by atoms with Crippen molar-refractivity contribution in [2.45, 2.75) is 6.54 Å². The smallest absolute Gasteiger partial charge is 0.237 e. The molecule has 2 N–H and O–H groups in total. The van der Waals surface area contributed by atoms with Crippen molar-refractivity contribution in [3.63, 3.8) is 0 Å². The first-order chi connectivity index (χ1) is 10.6.